The normalized spacial score (nSPS) is 9.33. The highest BCUT2D eigenvalue weighted by Crippen LogP contribution is 2.10. The van der Waals surface area contributed by atoms with Crippen LogP contribution in [0, 0.1) is 11.3 Å². The summed E-state index contributed by atoms with van der Waals surface area (Å²) >= 11 is 3.34. The molecule has 1 rings (SSSR count). The van der Waals surface area contributed by atoms with E-state index in [1.807, 2.05) is 30.3 Å². The van der Waals surface area contributed by atoms with Crippen molar-refractivity contribution in [2.75, 3.05) is 0 Å². The maximum absolute atomic E-state index is 11.2. The van der Waals surface area contributed by atoms with Gasteiger partial charge in [-0.2, -0.15) is 5.26 Å². The molecule has 1 aromatic carbocycles. The van der Waals surface area contributed by atoms with E-state index < -0.39 is 0 Å². The summed E-state index contributed by atoms with van der Waals surface area (Å²) in [6.45, 7) is 0.511. The van der Waals surface area contributed by atoms with Gasteiger partial charge in [-0.15, -0.1) is 0 Å². The number of halogens is 1. The first-order chi connectivity index (χ1) is 7.22. The lowest BCUT2D eigenvalue weighted by molar-refractivity contribution is -0.121. The van der Waals surface area contributed by atoms with Crippen molar-refractivity contribution in [2.24, 2.45) is 0 Å². The molecule has 78 valence electrons. The molecule has 4 heteroatoms. The number of carbonyl (C=O) groups excluding carboxylic acids is 1. The van der Waals surface area contributed by atoms with E-state index in [0.717, 1.165) is 10.0 Å². The Morgan fingerprint density at radius 3 is 2.67 bits per heavy atom. The molecule has 15 heavy (non-hydrogen) atoms. The molecular formula is C11H11BrN2O. The molecule has 0 fully saturated rings. The maximum Gasteiger partial charge on any atom is 0.221 e. The molecule has 0 heterocycles. The maximum atomic E-state index is 11.2. The molecule has 0 unspecified atom stereocenters. The van der Waals surface area contributed by atoms with Crippen molar-refractivity contribution < 1.29 is 4.79 Å². The molecular weight excluding hydrogens is 256 g/mol. The summed E-state index contributed by atoms with van der Waals surface area (Å²) in [6, 6.07) is 9.67. The van der Waals surface area contributed by atoms with Crippen LogP contribution in [0.2, 0.25) is 0 Å². The Balaban J connectivity index is 2.34. The average Bonchev–Trinajstić information content (AvgIpc) is 2.25. The topological polar surface area (TPSA) is 52.9 Å². The molecule has 0 bridgehead atoms. The van der Waals surface area contributed by atoms with Crippen LogP contribution in [-0.2, 0) is 11.3 Å². The highest BCUT2D eigenvalue weighted by molar-refractivity contribution is 9.10. The Bertz CT molecular complexity index is 367. The van der Waals surface area contributed by atoms with Gasteiger partial charge in [-0.25, -0.2) is 0 Å². The number of nitriles is 1. The molecule has 1 N–H and O–H groups in total. The van der Waals surface area contributed by atoms with E-state index in [0.29, 0.717) is 6.54 Å². The third kappa shape index (κ3) is 4.61. The van der Waals surface area contributed by atoms with Crippen LogP contribution >= 0.6 is 15.9 Å². The lowest BCUT2D eigenvalue weighted by atomic mass is 10.2. The van der Waals surface area contributed by atoms with Gasteiger partial charge in [-0.1, -0.05) is 28.1 Å². The van der Waals surface area contributed by atoms with Gasteiger partial charge in [-0.05, 0) is 17.7 Å². The number of hydrogen-bond donors (Lipinski definition) is 1. The number of nitrogens with one attached hydrogen (secondary N) is 1. The molecule has 0 aliphatic rings. The van der Waals surface area contributed by atoms with Crippen LogP contribution in [0.3, 0.4) is 0 Å². The van der Waals surface area contributed by atoms with Gasteiger partial charge >= 0.3 is 0 Å². The summed E-state index contributed by atoms with van der Waals surface area (Å²) in [6.07, 6.45) is 0.541. The minimum absolute atomic E-state index is 0.0838. The summed E-state index contributed by atoms with van der Waals surface area (Å²) in [5, 5.41) is 11.0. The predicted octanol–water partition coefficient (Wildman–Crippen LogP) is 2.37. The van der Waals surface area contributed by atoms with Crippen LogP contribution in [0.1, 0.15) is 18.4 Å². The fourth-order valence-electron chi connectivity index (χ4n) is 1.06. The summed E-state index contributed by atoms with van der Waals surface area (Å²) in [5.41, 5.74) is 1.04. The van der Waals surface area contributed by atoms with E-state index in [1.165, 1.54) is 0 Å². The third-order valence-corrected chi connectivity index (χ3v) is 2.40. The number of amides is 1. The van der Waals surface area contributed by atoms with Crippen molar-refractivity contribution in [1.29, 1.82) is 5.26 Å². The molecule has 0 spiro atoms. The predicted molar refractivity (Wildman–Crippen MR) is 60.8 cm³/mol. The van der Waals surface area contributed by atoms with Crippen molar-refractivity contribution in [3.63, 3.8) is 0 Å². The van der Waals surface area contributed by atoms with Crippen LogP contribution < -0.4 is 5.32 Å². The van der Waals surface area contributed by atoms with Gasteiger partial charge in [0, 0.05) is 23.9 Å². The fourth-order valence-corrected chi connectivity index (χ4v) is 1.33. The monoisotopic (exact) mass is 266 g/mol. The van der Waals surface area contributed by atoms with Gasteiger partial charge in [-0.3, -0.25) is 4.79 Å². The third-order valence-electron chi connectivity index (χ3n) is 1.87. The van der Waals surface area contributed by atoms with E-state index in [9.17, 15) is 4.79 Å². The summed E-state index contributed by atoms with van der Waals surface area (Å²) < 4.78 is 1.02. The van der Waals surface area contributed by atoms with Crippen LogP contribution in [0.5, 0.6) is 0 Å². The molecule has 1 amide bonds. The highest BCUT2D eigenvalue weighted by Gasteiger charge is 2.00. The molecule has 0 radical (unpaired) electrons. The highest BCUT2D eigenvalue weighted by atomic mass is 79.9. The first-order valence-corrected chi connectivity index (χ1v) is 5.40. The second kappa shape index (κ2) is 6.20. The minimum Gasteiger partial charge on any atom is -0.352 e. The van der Waals surface area contributed by atoms with Gasteiger partial charge in [0.05, 0.1) is 6.07 Å². The van der Waals surface area contributed by atoms with E-state index in [1.54, 1.807) is 0 Å². The number of rotatable bonds is 4. The minimum atomic E-state index is -0.0838. The van der Waals surface area contributed by atoms with E-state index in [2.05, 4.69) is 21.2 Å². The second-order valence-electron chi connectivity index (χ2n) is 3.06. The standard InChI is InChI=1S/C11H11BrN2O/c12-10-5-3-9(4-6-10)8-14-11(15)2-1-7-13/h3-6H,1-2,8H2,(H,14,15). The second-order valence-corrected chi connectivity index (χ2v) is 3.98. The Morgan fingerprint density at radius 2 is 2.07 bits per heavy atom. The molecule has 0 aliphatic carbocycles. The molecule has 0 atom stereocenters. The summed E-state index contributed by atoms with van der Waals surface area (Å²) in [5.74, 6) is -0.0838. The quantitative estimate of drug-likeness (QED) is 0.910. The summed E-state index contributed by atoms with van der Waals surface area (Å²) in [7, 11) is 0. The molecule has 0 aliphatic heterocycles. The van der Waals surface area contributed by atoms with Crippen molar-refractivity contribution in [3.05, 3.63) is 34.3 Å². The molecule has 0 aromatic heterocycles. The number of hydrogen-bond acceptors (Lipinski definition) is 2. The largest absolute Gasteiger partial charge is 0.352 e. The van der Waals surface area contributed by atoms with E-state index >= 15 is 0 Å². The van der Waals surface area contributed by atoms with Gasteiger partial charge in [0.25, 0.3) is 0 Å². The molecule has 1 aromatic rings. The van der Waals surface area contributed by atoms with Crippen LogP contribution in [-0.4, -0.2) is 5.91 Å². The zero-order valence-corrected chi connectivity index (χ0v) is 9.75. The van der Waals surface area contributed by atoms with Crippen molar-refractivity contribution in [3.8, 4) is 6.07 Å². The smallest absolute Gasteiger partial charge is 0.221 e. The van der Waals surface area contributed by atoms with Crippen LogP contribution in [0.25, 0.3) is 0 Å². The number of benzene rings is 1. The number of carbonyl (C=O) groups is 1. The van der Waals surface area contributed by atoms with E-state index in [4.69, 9.17) is 5.26 Å². The Labute approximate surface area is 97.2 Å². The first kappa shape index (κ1) is 11.7. The van der Waals surface area contributed by atoms with Crippen molar-refractivity contribution in [1.82, 2.24) is 5.32 Å². The van der Waals surface area contributed by atoms with Crippen molar-refractivity contribution in [2.45, 2.75) is 19.4 Å². The van der Waals surface area contributed by atoms with E-state index in [-0.39, 0.29) is 18.7 Å². The molecule has 0 saturated heterocycles. The Morgan fingerprint density at radius 1 is 1.40 bits per heavy atom. The lowest BCUT2D eigenvalue weighted by Gasteiger charge is -2.03. The van der Waals surface area contributed by atoms with Gasteiger partial charge in [0.15, 0.2) is 0 Å². The first-order valence-electron chi connectivity index (χ1n) is 4.60. The Kier molecular flexibility index (Phi) is 4.85. The molecule has 3 nitrogen and oxygen atoms in total. The van der Waals surface area contributed by atoms with Crippen LogP contribution in [0.4, 0.5) is 0 Å². The van der Waals surface area contributed by atoms with Crippen molar-refractivity contribution >= 4 is 21.8 Å². The lowest BCUT2D eigenvalue weighted by Crippen LogP contribution is -2.22. The Hall–Kier alpha value is -1.34. The fraction of sp³-hybridized carbons (Fsp3) is 0.273. The zero-order chi connectivity index (χ0) is 11.1. The van der Waals surface area contributed by atoms with Gasteiger partial charge in [0.1, 0.15) is 0 Å². The molecule has 0 saturated carbocycles. The van der Waals surface area contributed by atoms with Gasteiger partial charge in [0.2, 0.25) is 5.91 Å². The zero-order valence-electron chi connectivity index (χ0n) is 8.16. The van der Waals surface area contributed by atoms with Gasteiger partial charge < -0.3 is 5.32 Å². The van der Waals surface area contributed by atoms with Crippen LogP contribution in [0.15, 0.2) is 28.7 Å². The SMILES string of the molecule is N#CCCC(=O)NCc1ccc(Br)cc1. The average molecular weight is 267 g/mol. The summed E-state index contributed by atoms with van der Waals surface area (Å²) in [4.78, 5) is 11.2. The number of nitrogens with zero attached hydrogens (tertiary/aromatic N) is 1.